The molecule has 0 saturated heterocycles. The fourth-order valence-electron chi connectivity index (χ4n) is 1.96. The van der Waals surface area contributed by atoms with Crippen LogP contribution in [0.2, 0.25) is 0 Å². The van der Waals surface area contributed by atoms with Crippen molar-refractivity contribution in [2.75, 3.05) is 6.61 Å². The van der Waals surface area contributed by atoms with E-state index in [-0.39, 0.29) is 35.0 Å². The molecule has 0 aromatic heterocycles. The smallest absolute Gasteiger partial charge is 0.550 e. The first-order chi connectivity index (χ1) is 5.88. The van der Waals surface area contributed by atoms with E-state index in [0.29, 0.717) is 6.61 Å². The number of aliphatic carboxylic acids is 1. The number of carbonyl (C=O) groups excluding carboxylic acids is 1. The second-order valence-corrected chi connectivity index (χ2v) is 4.18. The molecule has 4 heteroatoms. The van der Waals surface area contributed by atoms with Crippen LogP contribution in [0.5, 0.6) is 0 Å². The molecule has 0 aliphatic heterocycles. The molecular weight excluding hydrogens is 191 g/mol. The van der Waals surface area contributed by atoms with Gasteiger partial charge in [-0.3, -0.25) is 0 Å². The molecule has 1 aliphatic rings. The maximum Gasteiger partial charge on any atom is 1.00 e. The SMILES string of the molecule is C=CCOC1(C)C(C(=O)[O-])C1(C)C.[Na+]. The molecule has 1 fully saturated rings. The van der Waals surface area contributed by atoms with Gasteiger partial charge in [0, 0.05) is 17.3 Å². The van der Waals surface area contributed by atoms with Gasteiger partial charge in [0.1, 0.15) is 0 Å². The van der Waals surface area contributed by atoms with E-state index in [2.05, 4.69) is 6.58 Å². The number of carboxylic acids is 1. The number of hydrogen-bond acceptors (Lipinski definition) is 3. The first-order valence-electron chi connectivity index (χ1n) is 4.33. The van der Waals surface area contributed by atoms with E-state index in [1.807, 2.05) is 13.8 Å². The molecule has 3 nitrogen and oxygen atoms in total. The van der Waals surface area contributed by atoms with Crippen molar-refractivity contribution >= 4 is 5.97 Å². The van der Waals surface area contributed by atoms with Gasteiger partial charge < -0.3 is 14.6 Å². The third-order valence-electron chi connectivity index (χ3n) is 3.21. The van der Waals surface area contributed by atoms with Gasteiger partial charge in [0.05, 0.1) is 12.2 Å². The van der Waals surface area contributed by atoms with Crippen LogP contribution in [0, 0.1) is 11.3 Å². The Hall–Kier alpha value is 0.170. The Labute approximate surface area is 107 Å². The standard InChI is InChI=1S/C10H16O3.Na/c1-5-6-13-10(4)7(8(11)12)9(10,2)3;/h5,7H,1,6H2,2-4H3,(H,11,12);/q;+1/p-1. The van der Waals surface area contributed by atoms with Crippen molar-refractivity contribution in [3.63, 3.8) is 0 Å². The summed E-state index contributed by atoms with van der Waals surface area (Å²) in [7, 11) is 0. The van der Waals surface area contributed by atoms with Crippen molar-refractivity contribution in [2.24, 2.45) is 11.3 Å². The first kappa shape index (κ1) is 14.2. The van der Waals surface area contributed by atoms with E-state index in [1.165, 1.54) is 0 Å². The predicted octanol–water partition coefficient (Wildman–Crippen LogP) is -2.64. The summed E-state index contributed by atoms with van der Waals surface area (Å²) < 4.78 is 5.44. The van der Waals surface area contributed by atoms with Gasteiger partial charge >= 0.3 is 29.6 Å². The van der Waals surface area contributed by atoms with Gasteiger partial charge in [-0.25, -0.2) is 0 Å². The maximum absolute atomic E-state index is 10.7. The molecule has 1 saturated carbocycles. The summed E-state index contributed by atoms with van der Waals surface area (Å²) in [4.78, 5) is 10.7. The zero-order valence-electron chi connectivity index (χ0n) is 9.29. The molecule has 14 heavy (non-hydrogen) atoms. The molecule has 1 rings (SSSR count). The quantitative estimate of drug-likeness (QED) is 0.373. The number of ether oxygens (including phenoxy) is 1. The van der Waals surface area contributed by atoms with E-state index in [9.17, 15) is 9.90 Å². The number of carboxylic acid groups (broad SMARTS) is 1. The molecule has 0 amide bonds. The summed E-state index contributed by atoms with van der Waals surface area (Å²) in [6, 6.07) is 0. The summed E-state index contributed by atoms with van der Waals surface area (Å²) in [5.74, 6) is -1.54. The van der Waals surface area contributed by atoms with Crippen LogP contribution in [0.4, 0.5) is 0 Å². The third-order valence-corrected chi connectivity index (χ3v) is 3.21. The minimum absolute atomic E-state index is 0. The van der Waals surface area contributed by atoms with Crippen molar-refractivity contribution in [2.45, 2.75) is 26.4 Å². The second-order valence-electron chi connectivity index (χ2n) is 4.18. The Balaban J connectivity index is 0.00000169. The van der Waals surface area contributed by atoms with Crippen molar-refractivity contribution in [3.05, 3.63) is 12.7 Å². The van der Waals surface area contributed by atoms with Crippen LogP contribution in [0.1, 0.15) is 20.8 Å². The van der Waals surface area contributed by atoms with Crippen molar-refractivity contribution in [3.8, 4) is 0 Å². The molecule has 0 aromatic carbocycles. The summed E-state index contributed by atoms with van der Waals surface area (Å²) in [5.41, 5.74) is -0.936. The molecule has 0 heterocycles. The minimum atomic E-state index is -1.03. The summed E-state index contributed by atoms with van der Waals surface area (Å²) in [5, 5.41) is 10.7. The number of carbonyl (C=O) groups is 1. The van der Waals surface area contributed by atoms with Gasteiger partial charge in [-0.2, -0.15) is 0 Å². The van der Waals surface area contributed by atoms with Crippen molar-refractivity contribution in [1.82, 2.24) is 0 Å². The fourth-order valence-corrected chi connectivity index (χ4v) is 1.96. The van der Waals surface area contributed by atoms with Crippen LogP contribution in [-0.4, -0.2) is 18.2 Å². The average Bonchev–Trinajstić information content (AvgIpc) is 2.43. The molecule has 2 unspecified atom stereocenters. The molecule has 74 valence electrons. The number of hydrogen-bond donors (Lipinski definition) is 0. The Morgan fingerprint density at radius 2 is 2.07 bits per heavy atom. The molecule has 0 N–H and O–H groups in total. The van der Waals surface area contributed by atoms with E-state index in [0.717, 1.165) is 0 Å². The van der Waals surface area contributed by atoms with Crippen LogP contribution in [0.15, 0.2) is 12.7 Å². The van der Waals surface area contributed by atoms with Crippen molar-refractivity contribution < 1.29 is 44.2 Å². The van der Waals surface area contributed by atoms with Crippen LogP contribution in [0.3, 0.4) is 0 Å². The summed E-state index contributed by atoms with van der Waals surface area (Å²) in [6.07, 6.45) is 1.62. The maximum atomic E-state index is 10.7. The Morgan fingerprint density at radius 3 is 2.36 bits per heavy atom. The van der Waals surface area contributed by atoms with E-state index in [1.54, 1.807) is 13.0 Å². The van der Waals surface area contributed by atoms with Crippen LogP contribution < -0.4 is 34.7 Å². The Bertz CT molecular complexity index is 250. The normalized spacial score (nSPS) is 32.9. The van der Waals surface area contributed by atoms with E-state index >= 15 is 0 Å². The molecule has 2 atom stereocenters. The summed E-state index contributed by atoms with van der Waals surface area (Å²) in [6.45, 7) is 9.45. The van der Waals surface area contributed by atoms with Crippen molar-refractivity contribution in [1.29, 1.82) is 0 Å². The molecule has 0 spiro atoms. The molecule has 1 aliphatic carbocycles. The van der Waals surface area contributed by atoms with Gasteiger partial charge in [0.25, 0.3) is 0 Å². The minimum Gasteiger partial charge on any atom is -0.550 e. The fraction of sp³-hybridized carbons (Fsp3) is 0.700. The van der Waals surface area contributed by atoms with Gasteiger partial charge in [-0.05, 0) is 6.92 Å². The van der Waals surface area contributed by atoms with E-state index in [4.69, 9.17) is 4.74 Å². The Kier molecular flexibility index (Phi) is 4.41. The monoisotopic (exact) mass is 206 g/mol. The van der Waals surface area contributed by atoms with Gasteiger partial charge in [-0.1, -0.05) is 19.9 Å². The number of rotatable bonds is 4. The topological polar surface area (TPSA) is 49.4 Å². The van der Waals surface area contributed by atoms with Crippen LogP contribution >= 0.6 is 0 Å². The second kappa shape index (κ2) is 4.35. The molecule has 0 aromatic rings. The van der Waals surface area contributed by atoms with Crippen LogP contribution in [0.25, 0.3) is 0 Å². The third kappa shape index (κ3) is 1.91. The zero-order valence-corrected chi connectivity index (χ0v) is 11.3. The Morgan fingerprint density at radius 1 is 1.57 bits per heavy atom. The van der Waals surface area contributed by atoms with Crippen LogP contribution in [-0.2, 0) is 9.53 Å². The largest absolute Gasteiger partial charge is 1.00 e. The summed E-state index contributed by atoms with van der Waals surface area (Å²) >= 11 is 0. The van der Waals surface area contributed by atoms with E-state index < -0.39 is 17.5 Å². The van der Waals surface area contributed by atoms with Gasteiger partial charge in [0.15, 0.2) is 0 Å². The zero-order chi connectivity index (χ0) is 10.3. The van der Waals surface area contributed by atoms with Gasteiger partial charge in [0.2, 0.25) is 0 Å². The molecular formula is C10H15NaO3. The molecule has 0 bridgehead atoms. The predicted molar refractivity (Wildman–Crippen MR) is 46.8 cm³/mol. The van der Waals surface area contributed by atoms with Gasteiger partial charge in [-0.15, -0.1) is 6.58 Å². The first-order valence-corrected chi connectivity index (χ1v) is 4.33. The average molecular weight is 206 g/mol. The molecule has 0 radical (unpaired) electrons.